The van der Waals surface area contributed by atoms with Gasteiger partial charge in [0.2, 0.25) is 0 Å². The molecule has 0 amide bonds. The van der Waals surface area contributed by atoms with Gasteiger partial charge in [0.25, 0.3) is 0 Å². The highest BCUT2D eigenvalue weighted by Crippen LogP contribution is 2.10. The first kappa shape index (κ1) is 14.7. The average Bonchev–Trinajstić information content (AvgIpc) is 2.40. The van der Waals surface area contributed by atoms with Crippen molar-refractivity contribution in [1.29, 1.82) is 0 Å². The maximum Gasteiger partial charge on any atom is 0.373 e. The molecule has 0 aliphatic carbocycles. The van der Waals surface area contributed by atoms with Gasteiger partial charge in [-0.15, -0.1) is 0 Å². The molecule has 3 heteroatoms. The van der Waals surface area contributed by atoms with Crippen LogP contribution in [-0.4, -0.2) is 12.6 Å². The maximum absolute atomic E-state index is 11.5. The first-order valence-electron chi connectivity index (χ1n) is 6.70. The van der Waals surface area contributed by atoms with Crippen LogP contribution in [0.15, 0.2) is 24.3 Å². The van der Waals surface area contributed by atoms with Crippen LogP contribution in [-0.2, 0) is 16.2 Å². The molecule has 18 heavy (non-hydrogen) atoms. The average molecular weight is 250 g/mol. The fourth-order valence-corrected chi connectivity index (χ4v) is 1.61. The van der Waals surface area contributed by atoms with Crippen molar-refractivity contribution in [1.82, 2.24) is 0 Å². The smallest absolute Gasteiger partial charge is 0.293 e. The number of aryl methyl sites for hydroxylation is 1. The summed E-state index contributed by atoms with van der Waals surface area (Å²) in [6, 6.07) is 7.54. The van der Waals surface area contributed by atoms with E-state index in [9.17, 15) is 4.79 Å². The van der Waals surface area contributed by atoms with Crippen LogP contribution in [0.1, 0.15) is 55.5 Å². The predicted octanol–water partition coefficient (Wildman–Crippen LogP) is 3.92. The molecule has 0 unspecified atom stereocenters. The highest BCUT2D eigenvalue weighted by Gasteiger charge is 2.07. The predicted molar refractivity (Wildman–Crippen MR) is 71.3 cm³/mol. The van der Waals surface area contributed by atoms with Gasteiger partial charge < -0.3 is 0 Å². The van der Waals surface area contributed by atoms with Crippen molar-refractivity contribution in [3.05, 3.63) is 35.4 Å². The van der Waals surface area contributed by atoms with E-state index in [0.717, 1.165) is 12.8 Å². The zero-order chi connectivity index (χ0) is 13.2. The first-order chi connectivity index (χ1) is 8.77. The van der Waals surface area contributed by atoms with Crippen LogP contribution in [0.3, 0.4) is 0 Å². The van der Waals surface area contributed by atoms with Crippen molar-refractivity contribution in [2.24, 2.45) is 0 Å². The molecule has 0 aliphatic heterocycles. The Hall–Kier alpha value is -1.35. The quantitative estimate of drug-likeness (QED) is 0.398. The third kappa shape index (κ3) is 5.32. The molecule has 0 radical (unpaired) electrons. The Morgan fingerprint density at radius 3 is 2.39 bits per heavy atom. The lowest BCUT2D eigenvalue weighted by Crippen LogP contribution is -2.06. The lowest BCUT2D eigenvalue weighted by atomic mass is 10.1. The van der Waals surface area contributed by atoms with Gasteiger partial charge in [0, 0.05) is 0 Å². The second-order valence-corrected chi connectivity index (χ2v) is 4.35. The van der Waals surface area contributed by atoms with Crippen LogP contribution < -0.4 is 0 Å². The normalized spacial score (nSPS) is 10.3. The number of benzene rings is 1. The molecule has 1 rings (SSSR count). The Balaban J connectivity index is 2.41. The van der Waals surface area contributed by atoms with Gasteiger partial charge in [-0.05, 0) is 37.0 Å². The molecular weight excluding hydrogens is 228 g/mol. The van der Waals surface area contributed by atoms with Crippen molar-refractivity contribution in [2.75, 3.05) is 6.61 Å². The summed E-state index contributed by atoms with van der Waals surface area (Å²) < 4.78 is 0. The summed E-state index contributed by atoms with van der Waals surface area (Å²) in [6.45, 7) is 4.58. The number of hydrogen-bond donors (Lipinski definition) is 0. The molecule has 0 spiro atoms. The summed E-state index contributed by atoms with van der Waals surface area (Å²) >= 11 is 0. The Labute approximate surface area is 109 Å². The van der Waals surface area contributed by atoms with Crippen LogP contribution in [0.5, 0.6) is 0 Å². The van der Waals surface area contributed by atoms with E-state index in [1.165, 1.54) is 24.8 Å². The number of carbonyl (C=O) groups is 1. The Morgan fingerprint density at radius 2 is 1.78 bits per heavy atom. The summed E-state index contributed by atoms with van der Waals surface area (Å²) in [7, 11) is 0. The van der Waals surface area contributed by atoms with Crippen molar-refractivity contribution in [2.45, 2.75) is 46.0 Å². The van der Waals surface area contributed by atoms with Gasteiger partial charge in [-0.1, -0.05) is 38.8 Å². The SMILES string of the molecule is CCCCCc1ccc(C(=O)OOCCC)cc1. The molecule has 3 nitrogen and oxygen atoms in total. The number of carbonyl (C=O) groups excluding carboxylic acids is 1. The van der Waals surface area contributed by atoms with E-state index in [-0.39, 0.29) is 0 Å². The molecule has 0 saturated heterocycles. The largest absolute Gasteiger partial charge is 0.373 e. The molecule has 0 atom stereocenters. The highest BCUT2D eigenvalue weighted by atomic mass is 17.2. The third-order valence-electron chi connectivity index (χ3n) is 2.68. The number of hydrogen-bond acceptors (Lipinski definition) is 3. The molecule has 1 aromatic carbocycles. The van der Waals surface area contributed by atoms with E-state index in [0.29, 0.717) is 12.2 Å². The van der Waals surface area contributed by atoms with Crippen molar-refractivity contribution >= 4 is 5.97 Å². The zero-order valence-electron chi connectivity index (χ0n) is 11.3. The van der Waals surface area contributed by atoms with Gasteiger partial charge >= 0.3 is 5.97 Å². The molecular formula is C15H22O3. The number of unbranched alkanes of at least 4 members (excludes halogenated alkanes) is 2. The molecule has 0 heterocycles. The second-order valence-electron chi connectivity index (χ2n) is 4.35. The molecule has 0 bridgehead atoms. The van der Waals surface area contributed by atoms with Gasteiger partial charge in [-0.3, -0.25) is 4.89 Å². The fourth-order valence-electron chi connectivity index (χ4n) is 1.61. The molecule has 0 aromatic heterocycles. The first-order valence-corrected chi connectivity index (χ1v) is 6.70. The summed E-state index contributed by atoms with van der Waals surface area (Å²) in [6.07, 6.45) is 5.55. The van der Waals surface area contributed by atoms with E-state index in [4.69, 9.17) is 4.89 Å². The summed E-state index contributed by atoms with van der Waals surface area (Å²) in [5, 5.41) is 0. The monoisotopic (exact) mass is 250 g/mol. The molecule has 0 saturated carbocycles. The van der Waals surface area contributed by atoms with Crippen molar-refractivity contribution in [3.8, 4) is 0 Å². The van der Waals surface area contributed by atoms with Crippen LogP contribution in [0, 0.1) is 0 Å². The summed E-state index contributed by atoms with van der Waals surface area (Å²) in [4.78, 5) is 21.0. The minimum Gasteiger partial charge on any atom is -0.293 e. The van der Waals surface area contributed by atoms with Gasteiger partial charge in [-0.2, -0.15) is 4.89 Å². The molecule has 100 valence electrons. The number of rotatable bonds is 8. The van der Waals surface area contributed by atoms with E-state index in [2.05, 4.69) is 11.8 Å². The van der Waals surface area contributed by atoms with Gasteiger partial charge in [0.15, 0.2) is 0 Å². The van der Waals surface area contributed by atoms with Gasteiger partial charge in [0.05, 0.1) is 12.2 Å². The molecule has 0 N–H and O–H groups in total. The van der Waals surface area contributed by atoms with E-state index >= 15 is 0 Å². The molecule has 1 aromatic rings. The van der Waals surface area contributed by atoms with Crippen molar-refractivity contribution in [3.63, 3.8) is 0 Å². The van der Waals surface area contributed by atoms with E-state index < -0.39 is 5.97 Å². The van der Waals surface area contributed by atoms with E-state index in [1.807, 2.05) is 19.1 Å². The van der Waals surface area contributed by atoms with Gasteiger partial charge in [0.1, 0.15) is 0 Å². The second kappa shape index (κ2) is 8.70. The minimum absolute atomic E-state index is 0.427. The Morgan fingerprint density at radius 1 is 1.06 bits per heavy atom. The molecule has 0 fully saturated rings. The topological polar surface area (TPSA) is 35.5 Å². The van der Waals surface area contributed by atoms with Crippen LogP contribution >= 0.6 is 0 Å². The molecule has 0 aliphatic rings. The zero-order valence-corrected chi connectivity index (χ0v) is 11.3. The van der Waals surface area contributed by atoms with Crippen LogP contribution in [0.4, 0.5) is 0 Å². The fraction of sp³-hybridized carbons (Fsp3) is 0.533. The van der Waals surface area contributed by atoms with Gasteiger partial charge in [-0.25, -0.2) is 4.79 Å². The lowest BCUT2D eigenvalue weighted by molar-refractivity contribution is -0.240. The summed E-state index contributed by atoms with van der Waals surface area (Å²) in [5.41, 5.74) is 1.79. The van der Waals surface area contributed by atoms with E-state index in [1.54, 1.807) is 12.1 Å². The summed E-state index contributed by atoms with van der Waals surface area (Å²) in [5.74, 6) is -0.427. The maximum atomic E-state index is 11.5. The standard InChI is InChI=1S/C15H22O3/c1-3-5-6-7-13-8-10-14(11-9-13)15(16)18-17-12-4-2/h8-11H,3-7,12H2,1-2H3. The lowest BCUT2D eigenvalue weighted by Gasteiger charge is -2.04. The van der Waals surface area contributed by atoms with Crippen molar-refractivity contribution < 1.29 is 14.6 Å². The highest BCUT2D eigenvalue weighted by molar-refractivity contribution is 5.88. The van der Waals surface area contributed by atoms with Crippen LogP contribution in [0.2, 0.25) is 0 Å². The Kier molecular flexibility index (Phi) is 7.11. The van der Waals surface area contributed by atoms with Crippen LogP contribution in [0.25, 0.3) is 0 Å². The third-order valence-corrected chi connectivity index (χ3v) is 2.68. The Bertz CT molecular complexity index is 343. The minimum atomic E-state index is -0.427.